The summed E-state index contributed by atoms with van der Waals surface area (Å²) in [4.78, 5) is 12.2. The molecule has 0 saturated carbocycles. The number of alkyl halides is 3. The molecule has 1 aliphatic rings. The predicted molar refractivity (Wildman–Crippen MR) is 84.4 cm³/mol. The molecule has 130 valence electrons. The van der Waals surface area contributed by atoms with Gasteiger partial charge in [-0.15, -0.1) is 12.4 Å². The van der Waals surface area contributed by atoms with Crippen LogP contribution in [0.25, 0.3) is 0 Å². The number of amides is 1. The van der Waals surface area contributed by atoms with Gasteiger partial charge in [-0.1, -0.05) is 18.5 Å². The maximum Gasteiger partial charge on any atom is 0.422 e. The van der Waals surface area contributed by atoms with Crippen molar-refractivity contribution in [2.45, 2.75) is 13.1 Å². The Kier molecular flexibility index (Phi) is 6.98. The van der Waals surface area contributed by atoms with Crippen molar-refractivity contribution < 1.29 is 22.7 Å². The van der Waals surface area contributed by atoms with Crippen LogP contribution in [0.1, 0.15) is 6.92 Å². The first-order chi connectivity index (χ1) is 10.3. The minimum Gasteiger partial charge on any atom is -0.482 e. The second-order valence-corrected chi connectivity index (χ2v) is 5.68. The first kappa shape index (κ1) is 19.9. The molecule has 1 aromatic rings. The third-order valence-electron chi connectivity index (χ3n) is 3.52. The highest BCUT2D eigenvalue weighted by molar-refractivity contribution is 6.31. The molecule has 9 heteroatoms. The van der Waals surface area contributed by atoms with Crippen molar-refractivity contribution in [3.05, 3.63) is 23.2 Å². The number of hydrogen-bond acceptors (Lipinski definition) is 3. The quantitative estimate of drug-likeness (QED) is 0.831. The second kappa shape index (κ2) is 8.08. The fraction of sp³-hybridized carbons (Fsp3) is 0.500. The average Bonchev–Trinajstić information content (AvgIpc) is 2.34. The third-order valence-corrected chi connectivity index (χ3v) is 3.76. The Bertz CT molecular complexity index is 551. The van der Waals surface area contributed by atoms with Crippen molar-refractivity contribution in [1.29, 1.82) is 0 Å². The molecule has 0 bridgehead atoms. The summed E-state index contributed by atoms with van der Waals surface area (Å²) in [5.74, 6) is -0.367. The van der Waals surface area contributed by atoms with Crippen LogP contribution in [0, 0.1) is 11.8 Å². The lowest BCUT2D eigenvalue weighted by Crippen LogP contribution is -2.48. The summed E-state index contributed by atoms with van der Waals surface area (Å²) in [6.07, 6.45) is -4.45. The van der Waals surface area contributed by atoms with Gasteiger partial charge in [0.1, 0.15) is 5.75 Å². The van der Waals surface area contributed by atoms with E-state index in [1.54, 1.807) is 6.92 Å². The molecule has 2 rings (SSSR count). The van der Waals surface area contributed by atoms with Crippen LogP contribution in [-0.4, -0.2) is 31.8 Å². The first-order valence-corrected chi connectivity index (χ1v) is 7.15. The summed E-state index contributed by atoms with van der Waals surface area (Å²) in [5.41, 5.74) is 0.140. The van der Waals surface area contributed by atoms with Gasteiger partial charge < -0.3 is 15.4 Å². The van der Waals surface area contributed by atoms with Gasteiger partial charge >= 0.3 is 6.18 Å². The zero-order chi connectivity index (χ0) is 16.3. The van der Waals surface area contributed by atoms with E-state index in [4.69, 9.17) is 16.3 Å². The molecular formula is C14H17Cl2F3N2O2. The predicted octanol–water partition coefficient (Wildman–Crippen LogP) is 3.50. The Morgan fingerprint density at radius 3 is 2.65 bits per heavy atom. The summed E-state index contributed by atoms with van der Waals surface area (Å²) in [7, 11) is 0. The molecule has 0 aliphatic carbocycles. The van der Waals surface area contributed by atoms with E-state index in [1.165, 1.54) is 18.2 Å². The van der Waals surface area contributed by atoms with Crippen LogP contribution < -0.4 is 15.4 Å². The molecule has 1 fully saturated rings. The van der Waals surface area contributed by atoms with E-state index in [9.17, 15) is 18.0 Å². The number of carbonyl (C=O) groups excluding carboxylic acids is 1. The highest BCUT2D eigenvalue weighted by Crippen LogP contribution is 2.30. The molecule has 4 nitrogen and oxygen atoms in total. The van der Waals surface area contributed by atoms with E-state index < -0.39 is 12.8 Å². The number of benzene rings is 1. The summed E-state index contributed by atoms with van der Waals surface area (Å²) >= 11 is 5.83. The second-order valence-electron chi connectivity index (χ2n) is 5.24. The fourth-order valence-corrected chi connectivity index (χ4v) is 2.18. The van der Waals surface area contributed by atoms with Gasteiger partial charge in [-0.2, -0.15) is 13.2 Å². The highest BCUT2D eigenvalue weighted by Gasteiger charge is 2.30. The topological polar surface area (TPSA) is 50.4 Å². The van der Waals surface area contributed by atoms with E-state index >= 15 is 0 Å². The summed E-state index contributed by atoms with van der Waals surface area (Å²) in [6, 6.07) is 4.08. The molecule has 1 unspecified atom stereocenters. The Balaban J connectivity index is 0.00000264. The lowest BCUT2D eigenvalue weighted by Gasteiger charge is -2.31. The van der Waals surface area contributed by atoms with E-state index in [1.807, 2.05) is 0 Å². The zero-order valence-corrected chi connectivity index (χ0v) is 13.8. The molecular weight excluding hydrogens is 356 g/mol. The summed E-state index contributed by atoms with van der Waals surface area (Å²) in [5, 5.41) is 5.96. The zero-order valence-electron chi connectivity index (χ0n) is 12.2. The molecule has 0 spiro atoms. The molecule has 1 heterocycles. The van der Waals surface area contributed by atoms with Crippen molar-refractivity contribution in [2.24, 2.45) is 11.8 Å². The van der Waals surface area contributed by atoms with Crippen LogP contribution in [0.15, 0.2) is 18.2 Å². The standard InChI is InChI=1S/C14H16ClF3N2O2.ClH/c1-8(9-5-19-6-9)13(21)20-11-4-10(15)2-3-12(11)22-7-14(16,17)18;/h2-4,8-9,19H,5-7H2,1H3,(H,20,21);1H. The normalized spacial score (nSPS) is 16.0. The Labute approximate surface area is 143 Å². The van der Waals surface area contributed by atoms with Crippen LogP contribution in [0.4, 0.5) is 18.9 Å². The van der Waals surface area contributed by atoms with E-state index in [0.29, 0.717) is 5.02 Å². The van der Waals surface area contributed by atoms with E-state index in [2.05, 4.69) is 10.6 Å². The molecule has 1 aliphatic heterocycles. The smallest absolute Gasteiger partial charge is 0.422 e. The number of anilines is 1. The van der Waals surface area contributed by atoms with Crippen molar-refractivity contribution in [2.75, 3.05) is 25.0 Å². The van der Waals surface area contributed by atoms with Gasteiger partial charge in [-0.25, -0.2) is 0 Å². The Morgan fingerprint density at radius 2 is 2.13 bits per heavy atom. The van der Waals surface area contributed by atoms with Crippen LogP contribution in [0.2, 0.25) is 5.02 Å². The van der Waals surface area contributed by atoms with Gasteiger partial charge in [-0.05, 0) is 37.2 Å². The summed E-state index contributed by atoms with van der Waals surface area (Å²) < 4.78 is 41.5. The molecule has 2 N–H and O–H groups in total. The lowest BCUT2D eigenvalue weighted by atomic mass is 9.88. The number of ether oxygens (including phenoxy) is 1. The monoisotopic (exact) mass is 372 g/mol. The maximum absolute atomic E-state index is 12.3. The van der Waals surface area contributed by atoms with Gasteiger partial charge in [0, 0.05) is 10.9 Å². The number of rotatable bonds is 5. The third kappa shape index (κ3) is 5.75. The van der Waals surface area contributed by atoms with Crippen molar-refractivity contribution >= 4 is 35.6 Å². The molecule has 0 aromatic heterocycles. The van der Waals surface area contributed by atoms with E-state index in [0.717, 1.165) is 13.1 Å². The minimum atomic E-state index is -4.45. The molecule has 1 saturated heterocycles. The largest absolute Gasteiger partial charge is 0.482 e. The van der Waals surface area contributed by atoms with Gasteiger partial charge in [0.25, 0.3) is 0 Å². The number of hydrogen-bond donors (Lipinski definition) is 2. The summed E-state index contributed by atoms with van der Waals surface area (Å²) in [6.45, 7) is 1.85. The van der Waals surface area contributed by atoms with Crippen molar-refractivity contribution in [3.63, 3.8) is 0 Å². The van der Waals surface area contributed by atoms with Crippen LogP contribution in [0.5, 0.6) is 5.75 Å². The van der Waals surface area contributed by atoms with Crippen LogP contribution in [0.3, 0.4) is 0 Å². The molecule has 1 atom stereocenters. The van der Waals surface area contributed by atoms with Crippen molar-refractivity contribution in [3.8, 4) is 5.75 Å². The lowest BCUT2D eigenvalue weighted by molar-refractivity contribution is -0.153. The van der Waals surface area contributed by atoms with Gasteiger partial charge in [0.15, 0.2) is 6.61 Å². The number of halogens is 5. The average molecular weight is 373 g/mol. The Hall–Kier alpha value is -1.18. The van der Waals surface area contributed by atoms with Crippen molar-refractivity contribution in [1.82, 2.24) is 5.32 Å². The van der Waals surface area contributed by atoms with Crippen LogP contribution in [-0.2, 0) is 4.79 Å². The highest BCUT2D eigenvalue weighted by atomic mass is 35.5. The first-order valence-electron chi connectivity index (χ1n) is 6.77. The van der Waals surface area contributed by atoms with Gasteiger partial charge in [0.05, 0.1) is 5.69 Å². The van der Waals surface area contributed by atoms with E-state index in [-0.39, 0.29) is 41.6 Å². The number of nitrogens with one attached hydrogen (secondary N) is 2. The maximum atomic E-state index is 12.3. The minimum absolute atomic E-state index is 0. The molecule has 0 radical (unpaired) electrons. The Morgan fingerprint density at radius 1 is 1.48 bits per heavy atom. The number of carbonyl (C=O) groups is 1. The molecule has 1 amide bonds. The van der Waals surface area contributed by atoms with Gasteiger partial charge in [-0.3, -0.25) is 4.79 Å². The van der Waals surface area contributed by atoms with Crippen LogP contribution >= 0.6 is 24.0 Å². The fourth-order valence-electron chi connectivity index (χ4n) is 2.01. The SMILES string of the molecule is CC(C(=O)Nc1cc(Cl)ccc1OCC(F)(F)F)C1CNC1.Cl. The molecule has 23 heavy (non-hydrogen) atoms. The van der Waals surface area contributed by atoms with Gasteiger partial charge in [0.2, 0.25) is 5.91 Å². The molecule has 1 aromatic carbocycles.